The minimum atomic E-state index is 0.901. The molecule has 0 unspecified atom stereocenters. The van der Waals surface area contributed by atoms with Gasteiger partial charge >= 0.3 is 0 Å². The minimum Gasteiger partial charge on any atom is -0.455 e. The number of benzene rings is 8. The van der Waals surface area contributed by atoms with Gasteiger partial charge in [-0.15, -0.1) is 0 Å². The first-order valence-electron chi connectivity index (χ1n) is 15.0. The van der Waals surface area contributed by atoms with Crippen LogP contribution in [0.5, 0.6) is 0 Å². The van der Waals surface area contributed by atoms with Crippen LogP contribution in [0, 0.1) is 0 Å². The second-order valence-corrected chi connectivity index (χ2v) is 11.3. The normalized spacial score (nSPS) is 11.6. The van der Waals surface area contributed by atoms with Gasteiger partial charge in [-0.25, -0.2) is 0 Å². The Morgan fingerprint density at radius 1 is 0.386 bits per heavy atom. The highest BCUT2D eigenvalue weighted by atomic mass is 16.3. The van der Waals surface area contributed by atoms with Gasteiger partial charge in [0.25, 0.3) is 0 Å². The number of furan rings is 1. The summed E-state index contributed by atoms with van der Waals surface area (Å²) < 4.78 is 6.45. The Hall–Kier alpha value is -5.86. The molecule has 0 N–H and O–H groups in total. The van der Waals surface area contributed by atoms with E-state index in [1.807, 2.05) is 0 Å². The molecule has 2 heteroatoms. The van der Waals surface area contributed by atoms with Crippen molar-refractivity contribution >= 4 is 71.3 Å². The van der Waals surface area contributed by atoms with Crippen molar-refractivity contribution in [1.82, 2.24) is 0 Å². The first-order chi connectivity index (χ1) is 21.8. The third-order valence-corrected chi connectivity index (χ3v) is 8.82. The molecule has 2 nitrogen and oxygen atoms in total. The van der Waals surface area contributed by atoms with Gasteiger partial charge in [0.05, 0.1) is 11.4 Å². The summed E-state index contributed by atoms with van der Waals surface area (Å²) in [4.78, 5) is 2.41. The molecule has 44 heavy (non-hydrogen) atoms. The number of rotatable bonds is 4. The lowest BCUT2D eigenvalue weighted by molar-refractivity contribution is 0.672. The van der Waals surface area contributed by atoms with E-state index in [4.69, 9.17) is 4.42 Å². The van der Waals surface area contributed by atoms with E-state index >= 15 is 0 Å². The van der Waals surface area contributed by atoms with Gasteiger partial charge in [-0.3, -0.25) is 0 Å². The van der Waals surface area contributed by atoms with Crippen LogP contribution in [0.4, 0.5) is 17.1 Å². The average molecular weight is 562 g/mol. The van der Waals surface area contributed by atoms with E-state index in [2.05, 4.69) is 169 Å². The van der Waals surface area contributed by atoms with Crippen molar-refractivity contribution in [2.45, 2.75) is 0 Å². The summed E-state index contributed by atoms with van der Waals surface area (Å²) in [7, 11) is 0. The van der Waals surface area contributed by atoms with E-state index in [1.165, 1.54) is 26.9 Å². The van der Waals surface area contributed by atoms with Crippen LogP contribution in [-0.2, 0) is 0 Å². The molecule has 1 heterocycles. The first kappa shape index (κ1) is 24.7. The molecule has 0 aliphatic carbocycles. The molecule has 0 amide bonds. The predicted octanol–water partition coefficient (Wildman–Crippen LogP) is 12.2. The van der Waals surface area contributed by atoms with E-state index < -0.39 is 0 Å². The second kappa shape index (κ2) is 9.86. The molecule has 8 aromatic carbocycles. The lowest BCUT2D eigenvalue weighted by Gasteiger charge is -2.29. The summed E-state index contributed by atoms with van der Waals surface area (Å²) in [5.41, 5.74) is 7.54. The second-order valence-electron chi connectivity index (χ2n) is 11.3. The molecule has 0 spiro atoms. The van der Waals surface area contributed by atoms with Gasteiger partial charge in [-0.2, -0.15) is 0 Å². The van der Waals surface area contributed by atoms with Crippen LogP contribution >= 0.6 is 0 Å². The molecule has 9 aromatic rings. The lowest BCUT2D eigenvalue weighted by Crippen LogP contribution is -2.11. The molecule has 0 saturated carbocycles. The zero-order valence-corrected chi connectivity index (χ0v) is 23.9. The Labute approximate surface area is 255 Å². The smallest absolute Gasteiger partial charge is 0.143 e. The first-order valence-corrected chi connectivity index (χ1v) is 15.0. The fourth-order valence-electron chi connectivity index (χ4n) is 6.79. The Kier molecular flexibility index (Phi) is 5.54. The predicted molar refractivity (Wildman–Crippen MR) is 186 cm³/mol. The van der Waals surface area contributed by atoms with Crippen LogP contribution in [0.25, 0.3) is 65.4 Å². The van der Waals surface area contributed by atoms with E-state index in [0.717, 1.165) is 55.5 Å². The van der Waals surface area contributed by atoms with Crippen LogP contribution in [0.1, 0.15) is 0 Å². The topological polar surface area (TPSA) is 16.4 Å². The van der Waals surface area contributed by atoms with Crippen molar-refractivity contribution in [3.05, 3.63) is 164 Å². The van der Waals surface area contributed by atoms with Crippen LogP contribution in [-0.4, -0.2) is 0 Å². The van der Waals surface area contributed by atoms with Gasteiger partial charge in [-0.05, 0) is 69.6 Å². The zero-order valence-electron chi connectivity index (χ0n) is 23.9. The van der Waals surface area contributed by atoms with Crippen molar-refractivity contribution < 1.29 is 4.42 Å². The molecule has 0 atom stereocenters. The van der Waals surface area contributed by atoms with Crippen molar-refractivity contribution in [3.8, 4) is 11.1 Å². The van der Waals surface area contributed by atoms with Crippen molar-refractivity contribution in [1.29, 1.82) is 0 Å². The average Bonchev–Trinajstić information content (AvgIpc) is 3.48. The molecule has 0 radical (unpaired) electrons. The molecular weight excluding hydrogens is 534 g/mol. The molecule has 0 bridgehead atoms. The summed E-state index contributed by atoms with van der Waals surface area (Å²) in [6, 6.07) is 58.6. The molecule has 9 rings (SSSR count). The molecule has 0 fully saturated rings. The number of hydrogen-bond acceptors (Lipinski definition) is 2. The summed E-state index contributed by atoms with van der Waals surface area (Å²) in [6.07, 6.45) is 0. The Bertz CT molecular complexity index is 2510. The number of fused-ring (bicyclic) bond motifs is 8. The molecule has 0 aliphatic heterocycles. The van der Waals surface area contributed by atoms with Crippen LogP contribution < -0.4 is 4.90 Å². The summed E-state index contributed by atoms with van der Waals surface area (Å²) in [5, 5.41) is 9.54. The van der Waals surface area contributed by atoms with Gasteiger partial charge in [0.15, 0.2) is 0 Å². The highest BCUT2D eigenvalue weighted by Crippen LogP contribution is 2.46. The number of nitrogens with zero attached hydrogens (tertiary/aromatic N) is 1. The van der Waals surface area contributed by atoms with E-state index in [-0.39, 0.29) is 0 Å². The van der Waals surface area contributed by atoms with Crippen LogP contribution in [0.2, 0.25) is 0 Å². The van der Waals surface area contributed by atoms with Crippen molar-refractivity contribution in [2.24, 2.45) is 0 Å². The largest absolute Gasteiger partial charge is 0.455 e. The molecule has 206 valence electrons. The van der Waals surface area contributed by atoms with Gasteiger partial charge in [0, 0.05) is 32.8 Å². The minimum absolute atomic E-state index is 0.901. The van der Waals surface area contributed by atoms with Gasteiger partial charge < -0.3 is 9.32 Å². The number of anilines is 3. The Balaban J connectivity index is 1.31. The number of para-hydroxylation sites is 2. The molecule has 1 aromatic heterocycles. The van der Waals surface area contributed by atoms with Crippen molar-refractivity contribution in [2.75, 3.05) is 4.90 Å². The van der Waals surface area contributed by atoms with Gasteiger partial charge in [-0.1, -0.05) is 121 Å². The number of hydrogen-bond donors (Lipinski definition) is 0. The maximum atomic E-state index is 6.45. The standard InChI is InChI=1S/C42H27NO/c1-2-14-31(15-3-1)43(40-27-29-13-5-6-16-32(29)35-19-8-9-20-36(35)40)39-21-11-10-17-33(39)30-23-25-41-38(26-30)37-24-22-28-12-4-7-18-34(28)42(37)44-41/h1-27H. The summed E-state index contributed by atoms with van der Waals surface area (Å²) in [5.74, 6) is 0. The fourth-order valence-corrected chi connectivity index (χ4v) is 6.79. The maximum absolute atomic E-state index is 6.45. The maximum Gasteiger partial charge on any atom is 0.143 e. The van der Waals surface area contributed by atoms with Crippen molar-refractivity contribution in [3.63, 3.8) is 0 Å². The van der Waals surface area contributed by atoms with Gasteiger partial charge in [0.2, 0.25) is 0 Å². The Morgan fingerprint density at radius 3 is 1.93 bits per heavy atom. The van der Waals surface area contributed by atoms with E-state index in [9.17, 15) is 0 Å². The quantitative estimate of drug-likeness (QED) is 0.199. The fraction of sp³-hybridized carbons (Fsp3) is 0. The van der Waals surface area contributed by atoms with Gasteiger partial charge in [0.1, 0.15) is 11.2 Å². The molecule has 0 aliphatic rings. The van der Waals surface area contributed by atoms with Crippen LogP contribution in [0.3, 0.4) is 0 Å². The lowest BCUT2D eigenvalue weighted by atomic mass is 9.96. The highest BCUT2D eigenvalue weighted by Gasteiger charge is 2.21. The van der Waals surface area contributed by atoms with E-state index in [0.29, 0.717) is 0 Å². The molecular formula is C42H27NO. The highest BCUT2D eigenvalue weighted by molar-refractivity contribution is 6.17. The third kappa shape index (κ3) is 3.82. The van der Waals surface area contributed by atoms with Crippen LogP contribution in [0.15, 0.2) is 168 Å². The summed E-state index contributed by atoms with van der Waals surface area (Å²) >= 11 is 0. The monoisotopic (exact) mass is 561 g/mol. The SMILES string of the molecule is c1ccc(N(c2ccccc2-c2ccc3oc4c5ccccc5ccc4c3c2)c2cc3ccccc3c3ccccc23)cc1. The zero-order chi connectivity index (χ0) is 29.0. The molecule has 0 saturated heterocycles. The summed E-state index contributed by atoms with van der Waals surface area (Å²) in [6.45, 7) is 0. The third-order valence-electron chi connectivity index (χ3n) is 8.82. The Morgan fingerprint density at radius 2 is 1.07 bits per heavy atom. The van der Waals surface area contributed by atoms with E-state index in [1.54, 1.807) is 0 Å².